The van der Waals surface area contributed by atoms with E-state index < -0.39 is 27.4 Å². The van der Waals surface area contributed by atoms with Crippen molar-refractivity contribution >= 4 is 68.9 Å². The van der Waals surface area contributed by atoms with Crippen molar-refractivity contribution in [3.63, 3.8) is 0 Å². The summed E-state index contributed by atoms with van der Waals surface area (Å²) >= 11 is 4.58. The molecular weight excluding hydrogens is 871 g/mol. The summed E-state index contributed by atoms with van der Waals surface area (Å²) in [5.41, 5.74) is 6.53. The molecule has 4 aliphatic heterocycles. The zero-order valence-electron chi connectivity index (χ0n) is 36.2. The molecular formula is C48H49N5O10S2. The predicted octanol–water partition coefficient (Wildman–Crippen LogP) is 7.50. The molecule has 5 aromatic carbocycles. The first kappa shape index (κ1) is 43.8. The standard InChI is InChI=1S/C48H49N5O10S2/c1-48(2,64)14-13-44(54)50-31-16-27(25-62-42-22-35-33(20-40(42)60-3)46(55)52-32(24-49-35)18-29-9-5-7-11-37(29)52)15-28(17-31)26-63-43-23-36-34(21-41(43)61-4)47(56)53-38-12-8-6-10-30(38)19-39(53)45(51-36)65(57,58)59/h5-12,15-17,20-23,32,39,45,49,51,64H,13-14,18-19,24-26H2,1-4H3,(H,50,54)(H,57,58,59)/t32-,39-,45?/m0/s1. The molecule has 338 valence electrons. The van der Waals surface area contributed by atoms with E-state index in [0.29, 0.717) is 58.2 Å². The van der Waals surface area contributed by atoms with Gasteiger partial charge in [0.15, 0.2) is 28.4 Å². The van der Waals surface area contributed by atoms with Gasteiger partial charge in [-0.3, -0.25) is 18.9 Å². The SMILES string of the molecule is COc1cc2c(cc1OCc1cc(COc3cc4c(cc3OC)C(=O)N3c5ccccc5C[C@H]3C(S(=O)(=O)O)N4)cc(NC(=O)CCC(C)(C)S)c1)NC[C@@H]1Cc3ccccc3N1C2=O. The molecule has 0 radical (unpaired) electrons. The van der Waals surface area contributed by atoms with Crippen molar-refractivity contribution in [3.8, 4) is 23.0 Å². The molecule has 1 unspecified atom stereocenters. The second-order valence-corrected chi connectivity index (χ2v) is 20.0. The number of nitrogens with zero attached hydrogens (tertiary/aromatic N) is 2. The van der Waals surface area contributed by atoms with Gasteiger partial charge >= 0.3 is 0 Å². The summed E-state index contributed by atoms with van der Waals surface area (Å²) in [6.07, 6.45) is 1.73. The van der Waals surface area contributed by atoms with Crippen molar-refractivity contribution in [2.24, 2.45) is 0 Å². The number of hydrogen-bond donors (Lipinski definition) is 5. The Kier molecular flexibility index (Phi) is 11.6. The van der Waals surface area contributed by atoms with Gasteiger partial charge in [0.25, 0.3) is 21.9 Å². The third-order valence-corrected chi connectivity index (χ3v) is 13.5. The molecule has 17 heteroatoms. The zero-order valence-corrected chi connectivity index (χ0v) is 37.9. The Hall–Kier alpha value is -6.43. The average molecular weight is 920 g/mol. The van der Waals surface area contributed by atoms with Gasteiger partial charge in [-0.05, 0) is 84.0 Å². The number of rotatable bonds is 13. The van der Waals surface area contributed by atoms with Crippen molar-refractivity contribution in [2.45, 2.75) is 74.9 Å². The molecule has 4 heterocycles. The number of ether oxygens (including phenoxy) is 4. The van der Waals surface area contributed by atoms with Gasteiger partial charge in [0, 0.05) is 46.9 Å². The van der Waals surface area contributed by atoms with Crippen molar-refractivity contribution in [1.29, 1.82) is 0 Å². The summed E-state index contributed by atoms with van der Waals surface area (Å²) < 4.78 is 60.0. The van der Waals surface area contributed by atoms with Gasteiger partial charge in [-0.2, -0.15) is 21.0 Å². The van der Waals surface area contributed by atoms with Gasteiger partial charge in [0.05, 0.1) is 48.8 Å². The molecule has 9 rings (SSSR count). The van der Waals surface area contributed by atoms with Crippen LogP contribution in [0.1, 0.15) is 69.7 Å². The summed E-state index contributed by atoms with van der Waals surface area (Å²) in [7, 11) is -1.76. The third-order valence-electron chi connectivity index (χ3n) is 12.2. The minimum absolute atomic E-state index is 0.0393. The summed E-state index contributed by atoms with van der Waals surface area (Å²) in [5.74, 6) is 0.374. The number of fused-ring (bicyclic) bond motifs is 8. The van der Waals surface area contributed by atoms with Crippen molar-refractivity contribution in [2.75, 3.05) is 46.5 Å². The monoisotopic (exact) mass is 919 g/mol. The minimum atomic E-state index is -4.71. The molecule has 0 saturated carbocycles. The Labute approximate surface area is 382 Å². The molecule has 65 heavy (non-hydrogen) atoms. The van der Waals surface area contributed by atoms with E-state index in [2.05, 4.69) is 34.6 Å². The van der Waals surface area contributed by atoms with Crippen LogP contribution in [0.4, 0.5) is 28.4 Å². The van der Waals surface area contributed by atoms with Crippen LogP contribution in [0.5, 0.6) is 23.0 Å². The van der Waals surface area contributed by atoms with E-state index in [4.69, 9.17) is 18.9 Å². The molecule has 0 fully saturated rings. The number of para-hydroxylation sites is 2. The molecule has 3 atom stereocenters. The smallest absolute Gasteiger partial charge is 0.288 e. The van der Waals surface area contributed by atoms with Gasteiger partial charge in [-0.1, -0.05) is 50.2 Å². The van der Waals surface area contributed by atoms with Gasteiger partial charge in [0.2, 0.25) is 5.91 Å². The number of nitrogens with one attached hydrogen (secondary N) is 3. The summed E-state index contributed by atoms with van der Waals surface area (Å²) in [4.78, 5) is 44.7. The highest BCUT2D eigenvalue weighted by molar-refractivity contribution is 7.86. The molecule has 15 nitrogen and oxygen atoms in total. The average Bonchev–Trinajstić information content (AvgIpc) is 3.77. The highest BCUT2D eigenvalue weighted by Crippen LogP contribution is 2.44. The first-order valence-electron chi connectivity index (χ1n) is 21.2. The second-order valence-electron chi connectivity index (χ2n) is 17.3. The molecule has 0 aliphatic carbocycles. The highest BCUT2D eigenvalue weighted by Gasteiger charge is 2.47. The van der Waals surface area contributed by atoms with E-state index in [1.54, 1.807) is 36.4 Å². The number of hydrogen-bond acceptors (Lipinski definition) is 12. The zero-order chi connectivity index (χ0) is 45.8. The maximum Gasteiger partial charge on any atom is 0.288 e. The largest absolute Gasteiger partial charge is 0.493 e. The fraction of sp³-hybridized carbons (Fsp3) is 0.312. The number of amides is 3. The van der Waals surface area contributed by atoms with Crippen LogP contribution < -0.4 is 44.7 Å². The van der Waals surface area contributed by atoms with E-state index in [1.165, 1.54) is 31.3 Å². The first-order valence-corrected chi connectivity index (χ1v) is 23.2. The van der Waals surface area contributed by atoms with Crippen molar-refractivity contribution in [3.05, 3.63) is 124 Å². The molecule has 0 saturated heterocycles. The maximum absolute atomic E-state index is 14.2. The first-order chi connectivity index (χ1) is 31.1. The van der Waals surface area contributed by atoms with E-state index >= 15 is 0 Å². The third kappa shape index (κ3) is 8.75. The summed E-state index contributed by atoms with van der Waals surface area (Å²) in [6.45, 7) is 4.41. The number of methoxy groups -OCH3 is 2. The van der Waals surface area contributed by atoms with E-state index in [9.17, 15) is 27.4 Å². The van der Waals surface area contributed by atoms with E-state index in [-0.39, 0.29) is 71.4 Å². The highest BCUT2D eigenvalue weighted by atomic mass is 32.2. The van der Waals surface area contributed by atoms with Crippen LogP contribution in [0, 0.1) is 0 Å². The van der Waals surface area contributed by atoms with Gasteiger partial charge < -0.3 is 44.7 Å². The molecule has 0 aromatic heterocycles. The van der Waals surface area contributed by atoms with Crippen molar-refractivity contribution < 1.29 is 46.3 Å². The lowest BCUT2D eigenvalue weighted by molar-refractivity contribution is -0.116. The van der Waals surface area contributed by atoms with E-state index in [0.717, 1.165) is 23.2 Å². The van der Waals surface area contributed by atoms with Gasteiger partial charge in [-0.25, -0.2) is 0 Å². The molecule has 0 bridgehead atoms. The fourth-order valence-electron chi connectivity index (χ4n) is 9.08. The van der Waals surface area contributed by atoms with Crippen LogP contribution in [0.2, 0.25) is 0 Å². The molecule has 4 aliphatic rings. The minimum Gasteiger partial charge on any atom is -0.493 e. The number of benzene rings is 5. The Morgan fingerprint density at radius 3 is 1.94 bits per heavy atom. The Bertz CT molecular complexity index is 2850. The normalized spacial score (nSPS) is 18.3. The number of anilines is 5. The number of carbonyl (C=O) groups is 3. The lowest BCUT2D eigenvalue weighted by Crippen LogP contribution is -2.49. The van der Waals surface area contributed by atoms with Crippen LogP contribution in [-0.2, 0) is 41.0 Å². The van der Waals surface area contributed by atoms with Crippen LogP contribution in [0.15, 0.2) is 91.0 Å². The topological polar surface area (TPSA) is 185 Å². The molecule has 4 N–H and O–H groups in total. The predicted molar refractivity (Wildman–Crippen MR) is 251 cm³/mol. The number of carbonyl (C=O) groups excluding carboxylic acids is 3. The van der Waals surface area contributed by atoms with Crippen LogP contribution in [0.25, 0.3) is 0 Å². The van der Waals surface area contributed by atoms with Gasteiger partial charge in [0.1, 0.15) is 13.2 Å². The van der Waals surface area contributed by atoms with Crippen LogP contribution >= 0.6 is 12.6 Å². The summed E-state index contributed by atoms with van der Waals surface area (Å²) in [5, 5.41) is 7.84. The van der Waals surface area contributed by atoms with Gasteiger partial charge in [-0.15, -0.1) is 0 Å². The molecule has 0 spiro atoms. The maximum atomic E-state index is 14.2. The van der Waals surface area contributed by atoms with E-state index in [1.807, 2.05) is 55.1 Å². The molecule has 5 aromatic rings. The fourth-order valence-corrected chi connectivity index (χ4v) is 10.1. The lowest BCUT2D eigenvalue weighted by atomic mass is 10.1. The molecule has 3 amide bonds. The van der Waals surface area contributed by atoms with Crippen molar-refractivity contribution in [1.82, 2.24) is 0 Å². The van der Waals surface area contributed by atoms with Crippen LogP contribution in [-0.4, -0.2) is 73.7 Å². The quantitative estimate of drug-likeness (QED) is 0.0580. The lowest BCUT2D eigenvalue weighted by Gasteiger charge is -2.27. The number of thiol groups is 1. The summed E-state index contributed by atoms with van der Waals surface area (Å²) in [6, 6.07) is 26.0. The Morgan fingerprint density at radius 1 is 0.785 bits per heavy atom. The Morgan fingerprint density at radius 2 is 1.34 bits per heavy atom. The van der Waals surface area contributed by atoms with Crippen LogP contribution in [0.3, 0.4) is 0 Å². The Balaban J connectivity index is 0.993. The second kappa shape index (κ2) is 17.2.